The van der Waals surface area contributed by atoms with Gasteiger partial charge >= 0.3 is 0 Å². The average Bonchev–Trinajstić information content (AvgIpc) is 2.89. The number of hydrogen-bond donors (Lipinski definition) is 4. The highest BCUT2D eigenvalue weighted by atomic mass is 16.5. The Balaban J connectivity index is 1.68. The lowest BCUT2D eigenvalue weighted by Crippen LogP contribution is -2.28. The molecular weight excluding hydrogens is 468 g/mol. The lowest BCUT2D eigenvalue weighted by atomic mass is 9.77. The molecule has 1 aliphatic carbocycles. The number of ketones is 1. The zero-order chi connectivity index (χ0) is 26.4. The van der Waals surface area contributed by atoms with Crippen molar-refractivity contribution in [2.24, 2.45) is 11.8 Å². The number of benzene rings is 3. The van der Waals surface area contributed by atoms with Gasteiger partial charge in [0.05, 0.1) is 13.2 Å². The van der Waals surface area contributed by atoms with Crippen LogP contribution in [0.1, 0.15) is 41.9 Å². The van der Waals surface area contributed by atoms with Crippen LogP contribution in [0.15, 0.2) is 66.7 Å². The lowest BCUT2D eigenvalue weighted by Gasteiger charge is -2.27. The van der Waals surface area contributed by atoms with Gasteiger partial charge in [0.1, 0.15) is 5.78 Å². The highest BCUT2D eigenvalue weighted by Crippen LogP contribution is 2.37. The summed E-state index contributed by atoms with van der Waals surface area (Å²) in [5.41, 5.74) is 2.71. The van der Waals surface area contributed by atoms with E-state index in [1.165, 1.54) is 19.2 Å². The molecule has 0 bridgehead atoms. The Hall–Kier alpha value is -3.95. The van der Waals surface area contributed by atoms with E-state index in [1.807, 2.05) is 30.3 Å². The van der Waals surface area contributed by atoms with Crippen LogP contribution in [0, 0.1) is 23.7 Å². The van der Waals surface area contributed by atoms with Gasteiger partial charge in [-0.25, -0.2) is 0 Å². The number of carbonyl (C=O) groups excluding carboxylic acids is 1. The number of carbonyl (C=O) groups is 1. The second-order valence-corrected chi connectivity index (χ2v) is 9.66. The summed E-state index contributed by atoms with van der Waals surface area (Å²) < 4.78 is 5.32. The maximum Gasteiger partial charge on any atom is 0.160 e. The molecule has 0 heterocycles. The molecule has 0 radical (unpaired) electrons. The Bertz CT molecular complexity index is 1290. The van der Waals surface area contributed by atoms with E-state index in [4.69, 9.17) is 4.74 Å². The van der Waals surface area contributed by atoms with Crippen molar-refractivity contribution in [1.82, 2.24) is 0 Å². The van der Waals surface area contributed by atoms with Crippen LogP contribution in [-0.2, 0) is 17.6 Å². The molecule has 0 aliphatic heterocycles. The Labute approximate surface area is 217 Å². The van der Waals surface area contributed by atoms with Crippen molar-refractivity contribution in [3.63, 3.8) is 0 Å². The van der Waals surface area contributed by atoms with Crippen LogP contribution in [0.2, 0.25) is 0 Å². The van der Waals surface area contributed by atoms with E-state index < -0.39 is 6.10 Å². The maximum absolute atomic E-state index is 13.2. The molecule has 0 saturated carbocycles. The second kappa shape index (κ2) is 11.9. The number of ether oxygens (including phenoxy) is 1. The number of aliphatic hydroxyl groups is 1. The fraction of sp³-hybridized carbons (Fsp3) is 0.323. The third-order valence-corrected chi connectivity index (χ3v) is 7.03. The Morgan fingerprint density at radius 1 is 0.865 bits per heavy atom. The molecule has 0 spiro atoms. The first-order chi connectivity index (χ1) is 17.8. The van der Waals surface area contributed by atoms with Gasteiger partial charge in [-0.1, -0.05) is 48.4 Å². The molecule has 192 valence electrons. The molecule has 37 heavy (non-hydrogen) atoms. The van der Waals surface area contributed by atoms with Gasteiger partial charge in [0, 0.05) is 37.0 Å². The highest BCUT2D eigenvalue weighted by molar-refractivity contribution is 5.80. The van der Waals surface area contributed by atoms with Crippen LogP contribution < -0.4 is 4.74 Å². The summed E-state index contributed by atoms with van der Waals surface area (Å²) in [4.78, 5) is 13.2. The summed E-state index contributed by atoms with van der Waals surface area (Å²) in [5, 5.41) is 40.6. The van der Waals surface area contributed by atoms with Crippen molar-refractivity contribution < 1.29 is 30.0 Å². The molecule has 4 N–H and O–H groups in total. The summed E-state index contributed by atoms with van der Waals surface area (Å²) in [5.74, 6) is 5.87. The molecule has 1 aliphatic rings. The first-order valence-electron chi connectivity index (χ1n) is 12.4. The minimum Gasteiger partial charge on any atom is -0.504 e. The third-order valence-electron chi connectivity index (χ3n) is 7.03. The number of methoxy groups -OCH3 is 1. The predicted octanol–water partition coefficient (Wildman–Crippen LogP) is 4.73. The van der Waals surface area contributed by atoms with Crippen LogP contribution in [0.5, 0.6) is 23.0 Å². The fourth-order valence-electron chi connectivity index (χ4n) is 4.97. The minimum atomic E-state index is -0.890. The largest absolute Gasteiger partial charge is 0.504 e. The highest BCUT2D eigenvalue weighted by Gasteiger charge is 2.30. The van der Waals surface area contributed by atoms with E-state index in [0.717, 1.165) is 16.7 Å². The molecule has 6 heteroatoms. The van der Waals surface area contributed by atoms with Crippen molar-refractivity contribution in [3.05, 3.63) is 83.4 Å². The van der Waals surface area contributed by atoms with Crippen LogP contribution in [-0.4, -0.2) is 39.4 Å². The predicted molar refractivity (Wildman–Crippen MR) is 141 cm³/mol. The van der Waals surface area contributed by atoms with Gasteiger partial charge in [0.25, 0.3) is 0 Å². The van der Waals surface area contributed by atoms with E-state index in [1.54, 1.807) is 24.3 Å². The first kappa shape index (κ1) is 26.1. The zero-order valence-corrected chi connectivity index (χ0v) is 20.8. The van der Waals surface area contributed by atoms with Crippen molar-refractivity contribution in [1.29, 1.82) is 0 Å². The van der Waals surface area contributed by atoms with Gasteiger partial charge in [0.15, 0.2) is 23.0 Å². The summed E-state index contributed by atoms with van der Waals surface area (Å²) >= 11 is 0. The minimum absolute atomic E-state index is 0.000186. The lowest BCUT2D eigenvalue weighted by molar-refractivity contribution is -0.122. The average molecular weight is 501 g/mol. The van der Waals surface area contributed by atoms with Crippen LogP contribution >= 0.6 is 0 Å². The second-order valence-electron chi connectivity index (χ2n) is 9.66. The standard InChI is InChI=1S/C31H32O6/c1-37-31-17-23(11-13-28(31)34)26-18-25(32)19-29(35)24(15-21-10-12-27(33)30(36)16-21)9-5-8-22(26)14-20-6-3-2-4-7-20/h2-4,6-7,10-13,16-17,22,24,26,29,33-36H,9,14-15,18-19H2,1H3/t22-,24+,26+,29+/m1/s1. The van der Waals surface area contributed by atoms with Crippen LogP contribution in [0.3, 0.4) is 0 Å². The number of phenolic OH excluding ortho intramolecular Hbond substituents is 3. The summed E-state index contributed by atoms with van der Waals surface area (Å²) in [6.45, 7) is 0. The van der Waals surface area contributed by atoms with Crippen molar-refractivity contribution >= 4 is 5.78 Å². The molecule has 3 aromatic carbocycles. The smallest absolute Gasteiger partial charge is 0.160 e. The molecule has 4 atom stereocenters. The number of rotatable bonds is 6. The van der Waals surface area contributed by atoms with Crippen molar-refractivity contribution in [2.75, 3.05) is 7.11 Å². The quantitative estimate of drug-likeness (QED) is 0.288. The molecule has 0 unspecified atom stereocenters. The van der Waals surface area contributed by atoms with Crippen LogP contribution in [0.25, 0.3) is 0 Å². The van der Waals surface area contributed by atoms with Gasteiger partial charge < -0.3 is 25.2 Å². The van der Waals surface area contributed by atoms with Crippen molar-refractivity contribution in [2.45, 2.75) is 44.1 Å². The molecular formula is C31H32O6. The number of phenols is 3. The van der Waals surface area contributed by atoms with E-state index in [2.05, 4.69) is 11.8 Å². The van der Waals surface area contributed by atoms with Gasteiger partial charge in [-0.15, -0.1) is 5.92 Å². The Morgan fingerprint density at radius 3 is 2.35 bits per heavy atom. The van der Waals surface area contributed by atoms with E-state index >= 15 is 0 Å². The number of aromatic hydroxyl groups is 3. The normalized spacial score (nSPS) is 22.1. The molecule has 6 nitrogen and oxygen atoms in total. The molecule has 0 aromatic heterocycles. The molecule has 3 aromatic rings. The SMILES string of the molecule is COc1cc([C@H]2CC(=O)C[C@H](O)[C@H](Cc3ccc(O)c(O)c3)CC#C[C@@H]2Cc2ccccc2)ccc1O. The topological polar surface area (TPSA) is 107 Å². The van der Waals surface area contributed by atoms with Crippen LogP contribution in [0.4, 0.5) is 0 Å². The third kappa shape index (κ3) is 6.63. The summed E-state index contributed by atoms with van der Waals surface area (Å²) in [6, 6.07) is 19.7. The fourth-order valence-corrected chi connectivity index (χ4v) is 4.97. The first-order valence-corrected chi connectivity index (χ1v) is 12.4. The zero-order valence-electron chi connectivity index (χ0n) is 20.8. The van der Waals surface area contributed by atoms with E-state index in [0.29, 0.717) is 25.0 Å². The van der Waals surface area contributed by atoms with Gasteiger partial charge in [-0.3, -0.25) is 4.79 Å². The Morgan fingerprint density at radius 2 is 1.62 bits per heavy atom. The Kier molecular flexibility index (Phi) is 8.37. The van der Waals surface area contributed by atoms with Gasteiger partial charge in [0.2, 0.25) is 0 Å². The monoisotopic (exact) mass is 500 g/mol. The summed E-state index contributed by atoms with van der Waals surface area (Å²) in [7, 11) is 1.49. The number of Topliss-reactive ketones (excluding diaryl/α,β-unsaturated/α-hetero) is 1. The van der Waals surface area contributed by atoms with Crippen molar-refractivity contribution in [3.8, 4) is 34.8 Å². The summed E-state index contributed by atoms with van der Waals surface area (Å²) in [6.07, 6.45) is 0.753. The molecule has 0 fully saturated rings. The molecule has 0 amide bonds. The van der Waals surface area contributed by atoms with E-state index in [9.17, 15) is 25.2 Å². The number of hydrogen-bond acceptors (Lipinski definition) is 6. The molecule has 4 rings (SSSR count). The van der Waals surface area contributed by atoms with E-state index in [-0.39, 0.29) is 53.6 Å². The number of aliphatic hydroxyl groups excluding tert-OH is 1. The molecule has 0 saturated heterocycles. The van der Waals surface area contributed by atoms with Gasteiger partial charge in [-0.05, 0) is 53.8 Å². The maximum atomic E-state index is 13.2. The van der Waals surface area contributed by atoms with Gasteiger partial charge in [-0.2, -0.15) is 0 Å².